The Labute approximate surface area is 121 Å². The van der Waals surface area contributed by atoms with Crippen molar-refractivity contribution in [3.63, 3.8) is 0 Å². The summed E-state index contributed by atoms with van der Waals surface area (Å²) in [6.45, 7) is 0.759. The molecule has 0 aliphatic rings. The molecule has 2 aromatic rings. The normalized spacial score (nSPS) is 10.4. The van der Waals surface area contributed by atoms with Crippen LogP contribution >= 0.6 is 34.5 Å². The van der Waals surface area contributed by atoms with Crippen LogP contribution in [0, 0.1) is 0 Å². The Morgan fingerprint density at radius 2 is 1.94 bits per heavy atom. The summed E-state index contributed by atoms with van der Waals surface area (Å²) in [6, 6.07) is 9.90. The molecule has 0 radical (unpaired) electrons. The lowest BCUT2D eigenvalue weighted by atomic mass is 10.2. The number of benzene rings is 1. The average Bonchev–Trinajstić information content (AvgIpc) is 2.72. The lowest BCUT2D eigenvalue weighted by molar-refractivity contribution is 1.13. The Kier molecular flexibility index (Phi) is 4.38. The van der Waals surface area contributed by atoms with Crippen LogP contribution in [0.2, 0.25) is 9.36 Å². The van der Waals surface area contributed by atoms with Gasteiger partial charge in [-0.3, -0.25) is 0 Å². The molecule has 0 unspecified atom stereocenters. The third kappa shape index (κ3) is 3.31. The minimum atomic E-state index is 0.745. The molecule has 1 aromatic heterocycles. The average molecular weight is 301 g/mol. The van der Waals surface area contributed by atoms with Crippen LogP contribution in [0.5, 0.6) is 0 Å². The number of hydrogen-bond donors (Lipinski definition) is 1. The summed E-state index contributed by atoms with van der Waals surface area (Å²) in [5.74, 6) is 0. The minimum Gasteiger partial charge on any atom is -0.380 e. The number of hydrogen-bond acceptors (Lipinski definition) is 3. The van der Waals surface area contributed by atoms with Gasteiger partial charge in [-0.05, 0) is 30.3 Å². The first-order chi connectivity index (χ1) is 8.56. The van der Waals surface area contributed by atoms with Crippen LogP contribution in [-0.4, -0.2) is 14.1 Å². The second-order valence-corrected chi connectivity index (χ2v) is 6.33. The molecule has 2 rings (SSSR count). The lowest BCUT2D eigenvalue weighted by Crippen LogP contribution is -2.09. The molecule has 1 aromatic carbocycles. The van der Waals surface area contributed by atoms with Crippen molar-refractivity contribution in [2.75, 3.05) is 24.3 Å². The molecule has 0 saturated carbocycles. The van der Waals surface area contributed by atoms with E-state index in [-0.39, 0.29) is 0 Å². The van der Waals surface area contributed by atoms with Gasteiger partial charge in [0.25, 0.3) is 0 Å². The van der Waals surface area contributed by atoms with Crippen LogP contribution in [0.4, 0.5) is 11.4 Å². The maximum absolute atomic E-state index is 6.21. The number of halogens is 2. The Bertz CT molecular complexity index is 538. The van der Waals surface area contributed by atoms with Crippen LogP contribution in [0.15, 0.2) is 30.3 Å². The van der Waals surface area contributed by atoms with E-state index in [1.54, 1.807) is 11.3 Å². The van der Waals surface area contributed by atoms with Crippen LogP contribution in [0.25, 0.3) is 0 Å². The van der Waals surface area contributed by atoms with Gasteiger partial charge in [0.1, 0.15) is 0 Å². The third-order valence-electron chi connectivity index (χ3n) is 2.53. The smallest absolute Gasteiger partial charge is 0.0931 e. The zero-order valence-electron chi connectivity index (χ0n) is 10.2. The largest absolute Gasteiger partial charge is 0.380 e. The highest BCUT2D eigenvalue weighted by Gasteiger charge is 2.04. The third-order valence-corrected chi connectivity index (χ3v) is 4.06. The molecule has 1 N–H and O–H groups in total. The van der Waals surface area contributed by atoms with E-state index in [1.165, 1.54) is 4.88 Å². The van der Waals surface area contributed by atoms with Gasteiger partial charge in [-0.2, -0.15) is 0 Å². The predicted octanol–water partition coefficient (Wildman–Crippen LogP) is 4.73. The van der Waals surface area contributed by atoms with Crippen molar-refractivity contribution in [2.24, 2.45) is 0 Å². The first-order valence-corrected chi connectivity index (χ1v) is 7.08. The zero-order valence-corrected chi connectivity index (χ0v) is 12.5. The quantitative estimate of drug-likeness (QED) is 0.878. The van der Waals surface area contributed by atoms with Crippen molar-refractivity contribution in [1.82, 2.24) is 0 Å². The van der Waals surface area contributed by atoms with Crippen molar-refractivity contribution < 1.29 is 0 Å². The predicted molar refractivity (Wildman–Crippen MR) is 82.4 cm³/mol. The summed E-state index contributed by atoms with van der Waals surface area (Å²) in [5, 5.41) is 4.07. The summed E-state index contributed by atoms with van der Waals surface area (Å²) in [4.78, 5) is 3.19. The molecule has 1 heterocycles. The summed E-state index contributed by atoms with van der Waals surface area (Å²) >= 11 is 13.7. The Morgan fingerprint density at radius 1 is 1.17 bits per heavy atom. The summed E-state index contributed by atoms with van der Waals surface area (Å²) in [7, 11) is 3.95. The van der Waals surface area contributed by atoms with E-state index < -0.39 is 0 Å². The van der Waals surface area contributed by atoms with Gasteiger partial charge >= 0.3 is 0 Å². The molecule has 0 spiro atoms. The van der Waals surface area contributed by atoms with Gasteiger partial charge in [0.15, 0.2) is 0 Å². The second kappa shape index (κ2) is 5.83. The van der Waals surface area contributed by atoms with E-state index in [0.29, 0.717) is 0 Å². The zero-order chi connectivity index (χ0) is 13.1. The van der Waals surface area contributed by atoms with Crippen molar-refractivity contribution in [3.05, 3.63) is 44.6 Å². The topological polar surface area (TPSA) is 15.3 Å². The SMILES string of the molecule is CN(C)c1ccc(NCc2ccc(Cl)s2)cc1Cl. The minimum absolute atomic E-state index is 0.745. The summed E-state index contributed by atoms with van der Waals surface area (Å²) < 4.78 is 0.813. The Hall–Kier alpha value is -0.900. The number of thiophene rings is 1. The molecule has 0 amide bonds. The molecular weight excluding hydrogens is 287 g/mol. The molecule has 0 fully saturated rings. The van der Waals surface area contributed by atoms with Crippen molar-refractivity contribution >= 4 is 45.9 Å². The van der Waals surface area contributed by atoms with Crippen LogP contribution in [0.3, 0.4) is 0 Å². The summed E-state index contributed by atoms with van der Waals surface area (Å²) in [5.41, 5.74) is 2.02. The van der Waals surface area contributed by atoms with Gasteiger partial charge in [-0.15, -0.1) is 11.3 Å². The van der Waals surface area contributed by atoms with Gasteiger partial charge < -0.3 is 10.2 Å². The van der Waals surface area contributed by atoms with Crippen LogP contribution < -0.4 is 10.2 Å². The molecule has 2 nitrogen and oxygen atoms in total. The highest BCUT2D eigenvalue weighted by Crippen LogP contribution is 2.28. The fraction of sp³-hybridized carbons (Fsp3) is 0.231. The monoisotopic (exact) mass is 300 g/mol. The van der Waals surface area contributed by atoms with Crippen molar-refractivity contribution in [2.45, 2.75) is 6.54 Å². The summed E-state index contributed by atoms with van der Waals surface area (Å²) in [6.07, 6.45) is 0. The number of nitrogens with one attached hydrogen (secondary N) is 1. The van der Waals surface area contributed by atoms with Crippen molar-refractivity contribution in [1.29, 1.82) is 0 Å². The Balaban J connectivity index is 2.04. The lowest BCUT2D eigenvalue weighted by Gasteiger charge is -2.15. The van der Waals surface area contributed by atoms with Crippen LogP contribution in [-0.2, 0) is 6.54 Å². The molecule has 96 valence electrons. The standard InChI is InChI=1S/C13H14Cl2N2S/c1-17(2)12-5-3-9(7-11(12)14)16-8-10-4-6-13(15)18-10/h3-7,16H,8H2,1-2H3. The van der Waals surface area contributed by atoms with Gasteiger partial charge in [0, 0.05) is 31.2 Å². The molecule has 5 heteroatoms. The second-order valence-electron chi connectivity index (χ2n) is 4.12. The number of rotatable bonds is 4. The molecule has 0 atom stereocenters. The van der Waals surface area contributed by atoms with Gasteiger partial charge in [0.2, 0.25) is 0 Å². The van der Waals surface area contributed by atoms with E-state index in [1.807, 2.05) is 49.3 Å². The maximum atomic E-state index is 6.21. The first-order valence-electron chi connectivity index (χ1n) is 5.51. The van der Waals surface area contributed by atoms with Gasteiger partial charge in [0.05, 0.1) is 15.0 Å². The van der Waals surface area contributed by atoms with Gasteiger partial charge in [-0.1, -0.05) is 23.2 Å². The molecule has 0 aliphatic carbocycles. The molecule has 18 heavy (non-hydrogen) atoms. The first kappa shape index (κ1) is 13.5. The molecule has 0 saturated heterocycles. The fourth-order valence-corrected chi connectivity index (χ4v) is 2.99. The molecule has 0 bridgehead atoms. The van der Waals surface area contributed by atoms with E-state index in [0.717, 1.165) is 27.3 Å². The Morgan fingerprint density at radius 3 is 2.50 bits per heavy atom. The number of anilines is 2. The van der Waals surface area contributed by atoms with Crippen LogP contribution in [0.1, 0.15) is 4.88 Å². The highest BCUT2D eigenvalue weighted by atomic mass is 35.5. The maximum Gasteiger partial charge on any atom is 0.0931 e. The van der Waals surface area contributed by atoms with E-state index in [9.17, 15) is 0 Å². The number of nitrogens with zero attached hydrogens (tertiary/aromatic N) is 1. The van der Waals surface area contributed by atoms with Gasteiger partial charge in [-0.25, -0.2) is 0 Å². The van der Waals surface area contributed by atoms with E-state index in [2.05, 4.69) is 5.32 Å². The highest BCUT2D eigenvalue weighted by molar-refractivity contribution is 7.16. The van der Waals surface area contributed by atoms with E-state index in [4.69, 9.17) is 23.2 Å². The van der Waals surface area contributed by atoms with Crippen molar-refractivity contribution in [3.8, 4) is 0 Å². The molecular formula is C13H14Cl2N2S. The fourth-order valence-electron chi connectivity index (χ4n) is 1.62. The molecule has 0 aliphatic heterocycles. The van der Waals surface area contributed by atoms with E-state index >= 15 is 0 Å².